The fourth-order valence-corrected chi connectivity index (χ4v) is 1.81. The number of hydrogen-bond donors (Lipinski definition) is 3. The Labute approximate surface area is 102 Å². The number of anilines is 1. The van der Waals surface area contributed by atoms with Gasteiger partial charge < -0.3 is 16.2 Å². The third-order valence-corrected chi connectivity index (χ3v) is 2.57. The lowest BCUT2D eigenvalue weighted by atomic mass is 10.1. The molecule has 0 saturated heterocycles. The number of benzene rings is 1. The van der Waals surface area contributed by atoms with Gasteiger partial charge in [-0.3, -0.25) is 4.79 Å². The lowest BCUT2D eigenvalue weighted by Gasteiger charge is -2.16. The number of carbonyl (C=O) groups excluding carboxylic acids is 1. The molecule has 4 nitrogen and oxygen atoms in total. The van der Waals surface area contributed by atoms with E-state index in [4.69, 9.17) is 5.73 Å². The predicted molar refractivity (Wildman–Crippen MR) is 68.8 cm³/mol. The molecule has 94 valence electrons. The molecule has 1 amide bonds. The van der Waals surface area contributed by atoms with E-state index in [9.17, 15) is 9.90 Å². The van der Waals surface area contributed by atoms with E-state index in [0.29, 0.717) is 17.7 Å². The van der Waals surface area contributed by atoms with Crippen LogP contribution in [0.4, 0.5) is 5.69 Å². The summed E-state index contributed by atoms with van der Waals surface area (Å²) in [6, 6.07) is 5.14. The second-order valence-corrected chi connectivity index (χ2v) is 4.53. The molecule has 2 atom stereocenters. The zero-order chi connectivity index (χ0) is 13.0. The van der Waals surface area contributed by atoms with Crippen LogP contribution in [0.25, 0.3) is 0 Å². The normalized spacial score (nSPS) is 14.1. The highest BCUT2D eigenvalue weighted by Crippen LogP contribution is 2.12. The number of aryl methyl sites for hydroxylation is 1. The van der Waals surface area contributed by atoms with Crippen molar-refractivity contribution in [3.8, 4) is 0 Å². The van der Waals surface area contributed by atoms with Gasteiger partial charge in [-0.2, -0.15) is 0 Å². The molecule has 17 heavy (non-hydrogen) atoms. The molecule has 2 unspecified atom stereocenters. The number of amides is 1. The molecule has 0 radical (unpaired) electrons. The standard InChI is InChI=1S/C13H20N2O2/c1-8-6-11(14)4-5-12(8)13(17)15-9(2)7-10(3)16/h4-6,9-10,16H,7,14H2,1-3H3,(H,15,17). The van der Waals surface area contributed by atoms with Gasteiger partial charge in [-0.15, -0.1) is 0 Å². The van der Waals surface area contributed by atoms with Crippen molar-refractivity contribution in [2.45, 2.75) is 39.3 Å². The summed E-state index contributed by atoms with van der Waals surface area (Å²) in [5.74, 6) is -0.129. The molecule has 0 heterocycles. The van der Waals surface area contributed by atoms with E-state index >= 15 is 0 Å². The molecule has 4 heteroatoms. The summed E-state index contributed by atoms with van der Waals surface area (Å²) in [5.41, 5.74) is 7.75. The quantitative estimate of drug-likeness (QED) is 0.693. The van der Waals surface area contributed by atoms with Crippen LogP contribution in [0, 0.1) is 6.92 Å². The van der Waals surface area contributed by atoms with Gasteiger partial charge >= 0.3 is 0 Å². The van der Waals surface area contributed by atoms with Crippen molar-refractivity contribution in [1.82, 2.24) is 5.32 Å². The average Bonchev–Trinajstić information content (AvgIpc) is 2.15. The molecule has 0 saturated carbocycles. The highest BCUT2D eigenvalue weighted by molar-refractivity contribution is 5.96. The lowest BCUT2D eigenvalue weighted by Crippen LogP contribution is -2.35. The Kier molecular flexibility index (Phi) is 4.52. The van der Waals surface area contributed by atoms with Gasteiger partial charge in [0, 0.05) is 17.3 Å². The minimum atomic E-state index is -0.419. The summed E-state index contributed by atoms with van der Waals surface area (Å²) >= 11 is 0. The third kappa shape index (κ3) is 4.07. The molecule has 0 spiro atoms. The van der Waals surface area contributed by atoms with Crippen LogP contribution in [0.2, 0.25) is 0 Å². The molecule has 0 bridgehead atoms. The van der Waals surface area contributed by atoms with Crippen LogP contribution in [-0.2, 0) is 0 Å². The topological polar surface area (TPSA) is 75.4 Å². The molecular formula is C13H20N2O2. The summed E-state index contributed by atoms with van der Waals surface area (Å²) in [6.07, 6.45) is 0.123. The number of nitrogen functional groups attached to an aromatic ring is 1. The third-order valence-electron chi connectivity index (χ3n) is 2.57. The second-order valence-electron chi connectivity index (χ2n) is 4.53. The number of rotatable bonds is 4. The van der Waals surface area contributed by atoms with Crippen molar-refractivity contribution in [1.29, 1.82) is 0 Å². The van der Waals surface area contributed by atoms with E-state index in [1.54, 1.807) is 25.1 Å². The Morgan fingerprint density at radius 1 is 1.47 bits per heavy atom. The zero-order valence-corrected chi connectivity index (χ0v) is 10.5. The Morgan fingerprint density at radius 2 is 2.12 bits per heavy atom. The number of aliphatic hydroxyl groups excluding tert-OH is 1. The summed E-state index contributed by atoms with van der Waals surface area (Å²) in [4.78, 5) is 11.9. The van der Waals surface area contributed by atoms with Crippen LogP contribution in [0.5, 0.6) is 0 Å². The van der Waals surface area contributed by atoms with E-state index < -0.39 is 6.10 Å². The van der Waals surface area contributed by atoms with Gasteiger partial charge in [-0.05, 0) is 51.0 Å². The predicted octanol–water partition coefficient (Wildman–Crippen LogP) is 1.47. The molecule has 0 aliphatic carbocycles. The molecule has 0 aromatic heterocycles. The fraction of sp³-hybridized carbons (Fsp3) is 0.462. The van der Waals surface area contributed by atoms with E-state index in [-0.39, 0.29) is 11.9 Å². The summed E-state index contributed by atoms with van der Waals surface area (Å²) < 4.78 is 0. The van der Waals surface area contributed by atoms with Gasteiger partial charge in [0.15, 0.2) is 0 Å². The first-order chi connectivity index (χ1) is 7.90. The molecular weight excluding hydrogens is 216 g/mol. The van der Waals surface area contributed by atoms with Gasteiger partial charge in [-0.1, -0.05) is 0 Å². The molecule has 0 aliphatic rings. The van der Waals surface area contributed by atoms with Crippen molar-refractivity contribution in [2.75, 3.05) is 5.73 Å². The summed E-state index contributed by atoms with van der Waals surface area (Å²) in [7, 11) is 0. The SMILES string of the molecule is Cc1cc(N)ccc1C(=O)NC(C)CC(C)O. The Morgan fingerprint density at radius 3 is 2.65 bits per heavy atom. The van der Waals surface area contributed by atoms with Crippen LogP contribution in [-0.4, -0.2) is 23.2 Å². The highest BCUT2D eigenvalue weighted by atomic mass is 16.3. The van der Waals surface area contributed by atoms with Crippen molar-refractivity contribution in [2.24, 2.45) is 0 Å². The van der Waals surface area contributed by atoms with Crippen LogP contribution < -0.4 is 11.1 Å². The largest absolute Gasteiger partial charge is 0.399 e. The van der Waals surface area contributed by atoms with Crippen molar-refractivity contribution in [3.05, 3.63) is 29.3 Å². The van der Waals surface area contributed by atoms with Gasteiger partial charge in [0.2, 0.25) is 0 Å². The fourth-order valence-electron chi connectivity index (χ4n) is 1.81. The molecule has 0 aliphatic heterocycles. The number of carbonyl (C=O) groups is 1. The first-order valence-corrected chi connectivity index (χ1v) is 5.75. The average molecular weight is 236 g/mol. The maximum atomic E-state index is 11.9. The molecule has 4 N–H and O–H groups in total. The zero-order valence-electron chi connectivity index (χ0n) is 10.5. The minimum Gasteiger partial charge on any atom is -0.399 e. The van der Waals surface area contributed by atoms with Crippen molar-refractivity contribution < 1.29 is 9.90 Å². The monoisotopic (exact) mass is 236 g/mol. The van der Waals surface area contributed by atoms with E-state index in [0.717, 1.165) is 5.56 Å². The Bertz CT molecular complexity index is 402. The number of nitrogens with two attached hydrogens (primary N) is 1. The number of nitrogens with one attached hydrogen (secondary N) is 1. The van der Waals surface area contributed by atoms with Gasteiger partial charge in [0.05, 0.1) is 6.10 Å². The van der Waals surface area contributed by atoms with Crippen LogP contribution >= 0.6 is 0 Å². The van der Waals surface area contributed by atoms with Gasteiger partial charge in [0.1, 0.15) is 0 Å². The summed E-state index contributed by atoms with van der Waals surface area (Å²) in [6.45, 7) is 5.43. The van der Waals surface area contributed by atoms with Crippen molar-refractivity contribution >= 4 is 11.6 Å². The second kappa shape index (κ2) is 5.68. The lowest BCUT2D eigenvalue weighted by molar-refractivity contribution is 0.0922. The smallest absolute Gasteiger partial charge is 0.251 e. The van der Waals surface area contributed by atoms with Gasteiger partial charge in [-0.25, -0.2) is 0 Å². The van der Waals surface area contributed by atoms with E-state index in [2.05, 4.69) is 5.32 Å². The first kappa shape index (κ1) is 13.5. The van der Waals surface area contributed by atoms with Crippen LogP contribution in [0.15, 0.2) is 18.2 Å². The molecule has 0 fully saturated rings. The Balaban J connectivity index is 2.70. The first-order valence-electron chi connectivity index (χ1n) is 5.75. The highest BCUT2D eigenvalue weighted by Gasteiger charge is 2.13. The molecule has 1 aromatic rings. The number of hydrogen-bond acceptors (Lipinski definition) is 3. The molecule has 1 aromatic carbocycles. The minimum absolute atomic E-state index is 0.0561. The van der Waals surface area contributed by atoms with E-state index in [1.807, 2.05) is 13.8 Å². The van der Waals surface area contributed by atoms with E-state index in [1.165, 1.54) is 0 Å². The maximum absolute atomic E-state index is 11.9. The molecule has 1 rings (SSSR count). The van der Waals surface area contributed by atoms with Crippen LogP contribution in [0.1, 0.15) is 36.2 Å². The summed E-state index contributed by atoms with van der Waals surface area (Å²) in [5, 5.41) is 12.1. The van der Waals surface area contributed by atoms with Gasteiger partial charge in [0.25, 0.3) is 5.91 Å². The van der Waals surface area contributed by atoms with Crippen molar-refractivity contribution in [3.63, 3.8) is 0 Å². The van der Waals surface area contributed by atoms with Crippen LogP contribution in [0.3, 0.4) is 0 Å². The Hall–Kier alpha value is -1.55. The maximum Gasteiger partial charge on any atom is 0.251 e. The number of aliphatic hydroxyl groups is 1.